The summed E-state index contributed by atoms with van der Waals surface area (Å²) >= 11 is 0. The summed E-state index contributed by atoms with van der Waals surface area (Å²) in [5.74, 6) is 0. The van der Waals surface area contributed by atoms with Crippen LogP contribution in [0.15, 0.2) is 18.2 Å². The lowest BCUT2D eigenvalue weighted by Gasteiger charge is -2.48. The summed E-state index contributed by atoms with van der Waals surface area (Å²) in [6, 6.07) is 7.12. The van der Waals surface area contributed by atoms with Crippen LogP contribution < -0.4 is 0 Å². The van der Waals surface area contributed by atoms with E-state index < -0.39 is 0 Å². The highest BCUT2D eigenvalue weighted by molar-refractivity contribution is 5.38. The average Bonchev–Trinajstić information content (AvgIpc) is 2.84. The number of unbranched alkanes of at least 4 members (excludes halogenated alkanes) is 15. The zero-order valence-electron chi connectivity index (χ0n) is 25.3. The van der Waals surface area contributed by atoms with Crippen molar-refractivity contribution < 1.29 is 4.48 Å². The Morgan fingerprint density at radius 1 is 0.629 bits per heavy atom. The monoisotopic (exact) mass is 487 g/mol. The Hall–Kier alpha value is -0.820. The second-order valence-corrected chi connectivity index (χ2v) is 12.2. The summed E-state index contributed by atoms with van der Waals surface area (Å²) in [5.41, 5.74) is 4.90. The number of quaternary nitrogens is 1. The summed E-state index contributed by atoms with van der Waals surface area (Å²) in [6.07, 6.45) is 26.5. The van der Waals surface area contributed by atoms with Gasteiger partial charge in [0.1, 0.15) is 5.54 Å². The number of hydrogen-bond donors (Lipinski definition) is 0. The van der Waals surface area contributed by atoms with Crippen LogP contribution >= 0.6 is 0 Å². The summed E-state index contributed by atoms with van der Waals surface area (Å²) in [4.78, 5) is 0. The molecule has 1 aromatic carbocycles. The molecule has 1 heteroatoms. The quantitative estimate of drug-likeness (QED) is 0.113. The van der Waals surface area contributed by atoms with E-state index >= 15 is 0 Å². The summed E-state index contributed by atoms with van der Waals surface area (Å²) in [6.45, 7) is 13.2. The van der Waals surface area contributed by atoms with E-state index in [9.17, 15) is 0 Å². The van der Waals surface area contributed by atoms with Crippen molar-refractivity contribution in [3.8, 4) is 0 Å². The zero-order chi connectivity index (χ0) is 26.0. The Morgan fingerprint density at radius 3 is 1.57 bits per heavy atom. The smallest absolute Gasteiger partial charge is 0.121 e. The number of aryl methyl sites for hydroxylation is 1. The molecular formula is C34H64N+. The summed E-state index contributed by atoms with van der Waals surface area (Å²) in [5, 5.41) is 0. The minimum Gasteiger partial charge on any atom is -0.320 e. The van der Waals surface area contributed by atoms with Gasteiger partial charge in [-0.3, -0.25) is 0 Å². The molecule has 0 radical (unpaired) electrons. The van der Waals surface area contributed by atoms with Gasteiger partial charge in [0.15, 0.2) is 0 Å². The lowest BCUT2D eigenvalue weighted by Crippen LogP contribution is -2.56. The van der Waals surface area contributed by atoms with Crippen molar-refractivity contribution in [1.29, 1.82) is 0 Å². The van der Waals surface area contributed by atoms with Crippen LogP contribution in [0, 0.1) is 6.92 Å². The van der Waals surface area contributed by atoms with Crippen molar-refractivity contribution in [2.24, 2.45) is 0 Å². The van der Waals surface area contributed by atoms with Crippen molar-refractivity contribution in [3.05, 3.63) is 34.9 Å². The van der Waals surface area contributed by atoms with Gasteiger partial charge in [-0.1, -0.05) is 129 Å². The molecule has 0 spiro atoms. The first-order valence-corrected chi connectivity index (χ1v) is 15.8. The van der Waals surface area contributed by atoms with E-state index in [0.717, 1.165) is 4.48 Å². The van der Waals surface area contributed by atoms with Crippen molar-refractivity contribution in [1.82, 2.24) is 0 Å². The molecule has 1 atom stereocenters. The molecule has 0 amide bonds. The van der Waals surface area contributed by atoms with Crippen LogP contribution in [0.3, 0.4) is 0 Å². The summed E-state index contributed by atoms with van der Waals surface area (Å²) < 4.78 is 1.10. The maximum absolute atomic E-state index is 2.52. The van der Waals surface area contributed by atoms with Gasteiger partial charge in [0.2, 0.25) is 0 Å². The van der Waals surface area contributed by atoms with Gasteiger partial charge in [-0.2, -0.15) is 0 Å². The van der Waals surface area contributed by atoms with Crippen molar-refractivity contribution in [3.63, 3.8) is 0 Å². The highest BCUT2D eigenvalue weighted by Crippen LogP contribution is 2.39. The number of rotatable bonds is 22. The fourth-order valence-corrected chi connectivity index (χ4v) is 6.00. The first kappa shape index (κ1) is 32.2. The van der Waals surface area contributed by atoms with Crippen molar-refractivity contribution in [2.75, 3.05) is 20.6 Å². The molecule has 1 unspecified atom stereocenters. The molecule has 0 aliphatic carbocycles. The van der Waals surface area contributed by atoms with E-state index in [0.29, 0.717) is 0 Å². The SMILES string of the molecule is CCCCCCCCCCCCCCCC[N+](C)(C)C(C)(CC)c1cccc(CCCCC)c1C. The van der Waals surface area contributed by atoms with E-state index in [2.05, 4.69) is 66.9 Å². The molecular weight excluding hydrogens is 422 g/mol. The van der Waals surface area contributed by atoms with Gasteiger partial charge in [0.05, 0.1) is 20.6 Å². The normalized spacial score (nSPS) is 13.8. The predicted molar refractivity (Wildman–Crippen MR) is 159 cm³/mol. The lowest BCUT2D eigenvalue weighted by atomic mass is 9.81. The Labute approximate surface area is 222 Å². The number of benzene rings is 1. The van der Waals surface area contributed by atoms with E-state index in [-0.39, 0.29) is 5.54 Å². The maximum atomic E-state index is 2.52. The van der Waals surface area contributed by atoms with Gasteiger partial charge in [-0.25, -0.2) is 0 Å². The third kappa shape index (κ3) is 11.4. The van der Waals surface area contributed by atoms with Crippen LogP contribution in [0.1, 0.15) is 160 Å². The van der Waals surface area contributed by atoms with Gasteiger partial charge >= 0.3 is 0 Å². The lowest BCUT2D eigenvalue weighted by molar-refractivity contribution is -0.948. The highest BCUT2D eigenvalue weighted by Gasteiger charge is 2.41. The van der Waals surface area contributed by atoms with E-state index in [1.165, 1.54) is 129 Å². The van der Waals surface area contributed by atoms with E-state index in [1.54, 1.807) is 16.7 Å². The highest BCUT2D eigenvalue weighted by atomic mass is 15.4. The summed E-state index contributed by atoms with van der Waals surface area (Å²) in [7, 11) is 4.96. The second kappa shape index (κ2) is 18.4. The number of nitrogens with zero attached hydrogens (tertiary/aromatic N) is 1. The van der Waals surface area contributed by atoms with Gasteiger partial charge in [-0.05, 0) is 50.7 Å². The molecule has 0 heterocycles. The zero-order valence-corrected chi connectivity index (χ0v) is 25.3. The van der Waals surface area contributed by atoms with Crippen molar-refractivity contribution >= 4 is 0 Å². The van der Waals surface area contributed by atoms with Crippen LogP contribution in [0.2, 0.25) is 0 Å². The molecule has 0 bridgehead atoms. The Kier molecular flexibility index (Phi) is 17.0. The molecule has 0 aliphatic heterocycles. The topological polar surface area (TPSA) is 0 Å². The first-order valence-electron chi connectivity index (χ1n) is 15.8. The third-order valence-corrected chi connectivity index (χ3v) is 9.17. The largest absolute Gasteiger partial charge is 0.320 e. The Morgan fingerprint density at radius 2 is 1.09 bits per heavy atom. The van der Waals surface area contributed by atoms with Crippen molar-refractivity contribution in [2.45, 2.75) is 162 Å². The Balaban J connectivity index is 2.38. The molecule has 0 saturated carbocycles. The minimum atomic E-state index is 0.182. The van der Waals surface area contributed by atoms with E-state index in [4.69, 9.17) is 0 Å². The molecule has 0 aromatic heterocycles. The molecule has 1 nitrogen and oxygen atoms in total. The minimum absolute atomic E-state index is 0.182. The molecule has 204 valence electrons. The molecule has 0 N–H and O–H groups in total. The molecule has 0 fully saturated rings. The van der Waals surface area contributed by atoms with Gasteiger partial charge in [0, 0.05) is 12.0 Å². The second-order valence-electron chi connectivity index (χ2n) is 12.2. The van der Waals surface area contributed by atoms with E-state index in [1.807, 2.05) is 0 Å². The van der Waals surface area contributed by atoms with Gasteiger partial charge in [0.25, 0.3) is 0 Å². The first-order chi connectivity index (χ1) is 16.8. The van der Waals surface area contributed by atoms with Crippen LogP contribution in [0.5, 0.6) is 0 Å². The molecule has 1 aromatic rings. The van der Waals surface area contributed by atoms with Crippen LogP contribution in [-0.2, 0) is 12.0 Å². The fourth-order valence-electron chi connectivity index (χ4n) is 6.00. The number of hydrogen-bond acceptors (Lipinski definition) is 0. The maximum Gasteiger partial charge on any atom is 0.121 e. The molecule has 0 saturated heterocycles. The third-order valence-electron chi connectivity index (χ3n) is 9.17. The van der Waals surface area contributed by atoms with Crippen LogP contribution in [-0.4, -0.2) is 25.1 Å². The molecule has 35 heavy (non-hydrogen) atoms. The van der Waals surface area contributed by atoms with Gasteiger partial charge in [-0.15, -0.1) is 0 Å². The average molecular weight is 487 g/mol. The fraction of sp³-hybridized carbons (Fsp3) is 0.824. The molecule has 1 rings (SSSR count). The molecule has 0 aliphatic rings. The predicted octanol–water partition coefficient (Wildman–Crippen LogP) is 10.9. The Bertz CT molecular complexity index is 646. The van der Waals surface area contributed by atoms with Crippen LogP contribution in [0.25, 0.3) is 0 Å². The van der Waals surface area contributed by atoms with Gasteiger partial charge < -0.3 is 4.48 Å². The van der Waals surface area contributed by atoms with Crippen LogP contribution in [0.4, 0.5) is 0 Å². The standard InChI is InChI=1S/C34H64N/c1-8-11-13-14-15-16-17-18-19-20-21-22-23-25-30-35(6,7)34(5,10-3)33-29-26-28-32(31(33)4)27-24-12-9-2/h26,28-29H,8-25,27,30H2,1-7H3/q+1.